The summed E-state index contributed by atoms with van der Waals surface area (Å²) in [6.07, 6.45) is 1.44. The summed E-state index contributed by atoms with van der Waals surface area (Å²) in [7, 11) is 0. The van der Waals surface area contributed by atoms with Crippen molar-refractivity contribution >= 4 is 0 Å². The Balaban J connectivity index is 2.76. The van der Waals surface area contributed by atoms with Crippen molar-refractivity contribution < 1.29 is 13.2 Å². The largest absolute Gasteiger partial charge is 0.401 e. The van der Waals surface area contributed by atoms with Crippen LogP contribution in [-0.4, -0.2) is 42.8 Å². The molecular formula is C16H31F3N2. The molecule has 0 saturated heterocycles. The third-order valence-electron chi connectivity index (χ3n) is 4.45. The van der Waals surface area contributed by atoms with Gasteiger partial charge in [0.25, 0.3) is 0 Å². The van der Waals surface area contributed by atoms with Gasteiger partial charge in [0.15, 0.2) is 0 Å². The molecule has 1 aliphatic rings. The summed E-state index contributed by atoms with van der Waals surface area (Å²) in [5.74, 6) is 0. The number of nitrogens with one attached hydrogen (secondary N) is 1. The minimum absolute atomic E-state index is 0.00194. The van der Waals surface area contributed by atoms with Crippen LogP contribution in [0.2, 0.25) is 0 Å². The zero-order valence-corrected chi connectivity index (χ0v) is 13.9. The molecule has 0 atom stereocenters. The average molecular weight is 308 g/mol. The van der Waals surface area contributed by atoms with Gasteiger partial charge in [0.2, 0.25) is 0 Å². The van der Waals surface area contributed by atoms with E-state index in [0.717, 1.165) is 32.2 Å². The van der Waals surface area contributed by atoms with E-state index in [-0.39, 0.29) is 11.5 Å². The molecule has 0 amide bonds. The van der Waals surface area contributed by atoms with Crippen molar-refractivity contribution in [2.75, 3.05) is 19.6 Å². The van der Waals surface area contributed by atoms with E-state index in [9.17, 15) is 13.2 Å². The first-order valence-corrected chi connectivity index (χ1v) is 8.18. The van der Waals surface area contributed by atoms with Crippen LogP contribution in [-0.2, 0) is 0 Å². The second kappa shape index (κ2) is 7.82. The molecule has 1 N–H and O–H groups in total. The van der Waals surface area contributed by atoms with Crippen molar-refractivity contribution in [3.63, 3.8) is 0 Å². The van der Waals surface area contributed by atoms with E-state index in [1.165, 1.54) is 6.42 Å². The predicted octanol–water partition coefficient (Wildman–Crippen LogP) is 4.21. The maximum Gasteiger partial charge on any atom is 0.401 e. The Morgan fingerprint density at radius 2 is 1.62 bits per heavy atom. The third kappa shape index (κ3) is 7.00. The number of halogens is 3. The Morgan fingerprint density at radius 3 is 2.05 bits per heavy atom. The van der Waals surface area contributed by atoms with Crippen LogP contribution in [0.4, 0.5) is 13.2 Å². The minimum atomic E-state index is -4.12. The molecule has 0 heterocycles. The Kier molecular flexibility index (Phi) is 6.98. The topological polar surface area (TPSA) is 15.3 Å². The summed E-state index contributed by atoms with van der Waals surface area (Å²) in [5, 5.41) is 3.46. The van der Waals surface area contributed by atoms with Crippen molar-refractivity contribution in [1.82, 2.24) is 10.2 Å². The van der Waals surface area contributed by atoms with Gasteiger partial charge in [0.05, 0.1) is 6.54 Å². The summed E-state index contributed by atoms with van der Waals surface area (Å²) < 4.78 is 38.4. The Bertz CT molecular complexity index is 294. The maximum atomic E-state index is 12.8. The molecule has 0 bridgehead atoms. The number of nitrogens with zero attached hydrogens (tertiary/aromatic N) is 1. The van der Waals surface area contributed by atoms with Crippen LogP contribution >= 0.6 is 0 Å². The summed E-state index contributed by atoms with van der Waals surface area (Å²) in [6.45, 7) is 8.47. The lowest BCUT2D eigenvalue weighted by molar-refractivity contribution is -0.154. The number of hydrogen-bond acceptors (Lipinski definition) is 2. The molecule has 1 saturated carbocycles. The fourth-order valence-electron chi connectivity index (χ4n) is 3.20. The van der Waals surface area contributed by atoms with Crippen molar-refractivity contribution in [3.05, 3.63) is 0 Å². The van der Waals surface area contributed by atoms with Crippen molar-refractivity contribution in [2.24, 2.45) is 5.41 Å². The van der Waals surface area contributed by atoms with E-state index in [1.807, 2.05) is 13.8 Å². The molecule has 1 aliphatic carbocycles. The van der Waals surface area contributed by atoms with Crippen LogP contribution in [0.25, 0.3) is 0 Å². The fraction of sp³-hybridized carbons (Fsp3) is 1.00. The van der Waals surface area contributed by atoms with Crippen molar-refractivity contribution in [1.29, 1.82) is 0 Å². The number of rotatable bonds is 7. The Morgan fingerprint density at radius 1 is 1.05 bits per heavy atom. The van der Waals surface area contributed by atoms with E-state index in [0.29, 0.717) is 12.6 Å². The van der Waals surface area contributed by atoms with Gasteiger partial charge in [-0.05, 0) is 32.1 Å². The molecule has 0 aliphatic heterocycles. The fourth-order valence-corrected chi connectivity index (χ4v) is 3.20. The smallest absolute Gasteiger partial charge is 0.314 e. The SMILES string of the molecule is CC(C)NCC1(CN(CC(F)(F)F)C(C)C)CCCCC1. The molecule has 0 aromatic rings. The van der Waals surface area contributed by atoms with Gasteiger partial charge in [-0.2, -0.15) is 13.2 Å². The van der Waals surface area contributed by atoms with E-state index >= 15 is 0 Å². The average Bonchev–Trinajstić information content (AvgIpc) is 2.35. The quantitative estimate of drug-likeness (QED) is 0.758. The van der Waals surface area contributed by atoms with Crippen molar-refractivity contribution in [3.8, 4) is 0 Å². The summed E-state index contributed by atoms with van der Waals surface area (Å²) >= 11 is 0. The second-order valence-corrected chi connectivity index (χ2v) is 7.21. The molecule has 0 spiro atoms. The van der Waals surface area contributed by atoms with Crippen LogP contribution in [0, 0.1) is 5.41 Å². The first-order valence-electron chi connectivity index (χ1n) is 8.18. The highest BCUT2D eigenvalue weighted by atomic mass is 19.4. The molecule has 1 rings (SSSR count). The molecule has 0 aromatic carbocycles. The van der Waals surface area contributed by atoms with Gasteiger partial charge in [0.1, 0.15) is 0 Å². The number of alkyl halides is 3. The summed E-state index contributed by atoms with van der Waals surface area (Å²) in [5.41, 5.74) is -0.00194. The predicted molar refractivity (Wildman–Crippen MR) is 81.4 cm³/mol. The van der Waals surface area contributed by atoms with Gasteiger partial charge in [-0.3, -0.25) is 4.90 Å². The monoisotopic (exact) mass is 308 g/mol. The van der Waals surface area contributed by atoms with Gasteiger partial charge in [-0.1, -0.05) is 33.1 Å². The minimum Gasteiger partial charge on any atom is -0.314 e. The molecule has 0 unspecified atom stereocenters. The van der Waals surface area contributed by atoms with E-state index < -0.39 is 12.7 Å². The summed E-state index contributed by atoms with van der Waals surface area (Å²) in [4.78, 5) is 1.60. The van der Waals surface area contributed by atoms with E-state index in [4.69, 9.17) is 0 Å². The Labute approximate surface area is 127 Å². The molecular weight excluding hydrogens is 277 g/mol. The van der Waals surface area contributed by atoms with Gasteiger partial charge >= 0.3 is 6.18 Å². The van der Waals surface area contributed by atoms with Gasteiger partial charge in [-0.25, -0.2) is 0 Å². The van der Waals surface area contributed by atoms with Crippen LogP contribution in [0.15, 0.2) is 0 Å². The third-order valence-corrected chi connectivity index (χ3v) is 4.45. The van der Waals surface area contributed by atoms with Gasteiger partial charge in [-0.15, -0.1) is 0 Å². The molecule has 0 radical (unpaired) electrons. The zero-order chi connectivity index (χ0) is 16.1. The normalized spacial score (nSPS) is 19.7. The van der Waals surface area contributed by atoms with Crippen LogP contribution in [0.5, 0.6) is 0 Å². The van der Waals surface area contributed by atoms with Crippen molar-refractivity contribution in [2.45, 2.75) is 78.1 Å². The van der Waals surface area contributed by atoms with E-state index in [2.05, 4.69) is 19.2 Å². The molecule has 21 heavy (non-hydrogen) atoms. The highest BCUT2D eigenvalue weighted by molar-refractivity contribution is 4.89. The first kappa shape index (κ1) is 18.8. The lowest BCUT2D eigenvalue weighted by Gasteiger charge is -2.43. The lowest BCUT2D eigenvalue weighted by atomic mass is 9.73. The zero-order valence-electron chi connectivity index (χ0n) is 13.9. The molecule has 0 aromatic heterocycles. The van der Waals surface area contributed by atoms with E-state index in [1.54, 1.807) is 4.90 Å². The lowest BCUT2D eigenvalue weighted by Crippen LogP contribution is -2.50. The van der Waals surface area contributed by atoms with Crippen LogP contribution in [0.1, 0.15) is 59.8 Å². The second-order valence-electron chi connectivity index (χ2n) is 7.21. The summed E-state index contributed by atoms with van der Waals surface area (Å²) in [6, 6.07) is 0.295. The Hall–Kier alpha value is -0.290. The van der Waals surface area contributed by atoms with Crippen LogP contribution in [0.3, 0.4) is 0 Å². The molecule has 1 fully saturated rings. The van der Waals surface area contributed by atoms with Crippen LogP contribution < -0.4 is 5.32 Å². The van der Waals surface area contributed by atoms with Gasteiger partial charge in [0, 0.05) is 25.2 Å². The number of hydrogen-bond donors (Lipinski definition) is 1. The molecule has 2 nitrogen and oxygen atoms in total. The highest BCUT2D eigenvalue weighted by Crippen LogP contribution is 2.37. The maximum absolute atomic E-state index is 12.8. The molecule has 126 valence electrons. The highest BCUT2D eigenvalue weighted by Gasteiger charge is 2.38. The first-order chi connectivity index (χ1) is 9.64. The van der Waals surface area contributed by atoms with Gasteiger partial charge < -0.3 is 5.32 Å². The standard InChI is InChI=1S/C16H31F3N2/c1-13(2)20-10-15(8-6-5-7-9-15)11-21(14(3)4)12-16(17,18)19/h13-14,20H,5-12H2,1-4H3. The molecule has 5 heteroatoms.